The molecule has 1 aromatic carbocycles. The molecule has 1 aromatic heterocycles. The minimum Gasteiger partial charge on any atom is -0.338 e. The van der Waals surface area contributed by atoms with Gasteiger partial charge in [-0.1, -0.05) is 30.3 Å². The van der Waals surface area contributed by atoms with Crippen molar-refractivity contribution >= 4 is 11.8 Å². The molecule has 1 atom stereocenters. The molecule has 0 saturated carbocycles. The van der Waals surface area contributed by atoms with E-state index >= 15 is 0 Å². The number of rotatable bonds is 3. The fourth-order valence-corrected chi connectivity index (χ4v) is 3.90. The number of aromatic amines is 1. The second kappa shape index (κ2) is 6.98. The Kier molecular flexibility index (Phi) is 4.51. The van der Waals surface area contributed by atoms with Gasteiger partial charge < -0.3 is 14.8 Å². The van der Waals surface area contributed by atoms with E-state index in [1.807, 2.05) is 30.3 Å². The molecule has 1 unspecified atom stereocenters. The van der Waals surface area contributed by atoms with Crippen LogP contribution in [-0.2, 0) is 29.1 Å². The Labute approximate surface area is 157 Å². The summed E-state index contributed by atoms with van der Waals surface area (Å²) in [6.45, 7) is 3.53. The van der Waals surface area contributed by atoms with Gasteiger partial charge in [0.25, 0.3) is 5.56 Å². The summed E-state index contributed by atoms with van der Waals surface area (Å²) in [4.78, 5) is 47.9. The first-order valence-corrected chi connectivity index (χ1v) is 9.20. The minimum absolute atomic E-state index is 0.0139. The number of aryl methyl sites for hydroxylation is 1. The number of H-pyrrole nitrogens is 1. The summed E-state index contributed by atoms with van der Waals surface area (Å²) in [5, 5.41) is 0. The van der Waals surface area contributed by atoms with Crippen molar-refractivity contribution in [1.29, 1.82) is 0 Å². The highest BCUT2D eigenvalue weighted by Crippen LogP contribution is 2.24. The van der Waals surface area contributed by atoms with E-state index in [4.69, 9.17) is 0 Å². The summed E-state index contributed by atoms with van der Waals surface area (Å²) >= 11 is 0. The van der Waals surface area contributed by atoms with Crippen LogP contribution < -0.4 is 5.56 Å². The van der Waals surface area contributed by atoms with Crippen LogP contribution in [0, 0.1) is 12.8 Å². The molecule has 0 bridgehead atoms. The van der Waals surface area contributed by atoms with Crippen molar-refractivity contribution in [3.05, 3.63) is 63.3 Å². The Balaban J connectivity index is 1.44. The Morgan fingerprint density at radius 2 is 2.04 bits per heavy atom. The fourth-order valence-electron chi connectivity index (χ4n) is 3.90. The van der Waals surface area contributed by atoms with Crippen LogP contribution in [0.1, 0.15) is 29.1 Å². The Hall–Kier alpha value is -2.96. The molecule has 27 heavy (non-hydrogen) atoms. The number of carbonyl (C=O) groups is 2. The molecule has 2 aromatic rings. The number of fused-ring (bicyclic) bond motifs is 1. The van der Waals surface area contributed by atoms with Gasteiger partial charge in [-0.25, -0.2) is 4.98 Å². The van der Waals surface area contributed by atoms with Gasteiger partial charge in [-0.05, 0) is 18.9 Å². The number of likely N-dealkylation sites (tertiary alicyclic amines) is 1. The predicted octanol–water partition coefficient (Wildman–Crippen LogP) is 1.01. The molecule has 2 aliphatic rings. The molecule has 7 heteroatoms. The van der Waals surface area contributed by atoms with Crippen molar-refractivity contribution in [3.63, 3.8) is 0 Å². The fraction of sp³-hybridized carbons (Fsp3) is 0.400. The van der Waals surface area contributed by atoms with E-state index in [9.17, 15) is 14.4 Å². The van der Waals surface area contributed by atoms with Crippen LogP contribution in [0.2, 0.25) is 0 Å². The van der Waals surface area contributed by atoms with Gasteiger partial charge in [0, 0.05) is 31.6 Å². The maximum absolute atomic E-state index is 13.0. The highest BCUT2D eigenvalue weighted by Gasteiger charge is 2.37. The van der Waals surface area contributed by atoms with Gasteiger partial charge in [0.05, 0.1) is 18.2 Å². The van der Waals surface area contributed by atoms with Crippen molar-refractivity contribution < 1.29 is 9.59 Å². The summed E-state index contributed by atoms with van der Waals surface area (Å²) in [5.74, 6) is 0.216. The van der Waals surface area contributed by atoms with Crippen molar-refractivity contribution in [2.75, 3.05) is 13.1 Å². The Morgan fingerprint density at radius 1 is 1.26 bits per heavy atom. The smallest absolute Gasteiger partial charge is 0.254 e. The highest BCUT2D eigenvalue weighted by atomic mass is 16.2. The van der Waals surface area contributed by atoms with Gasteiger partial charge in [-0.15, -0.1) is 0 Å². The molecule has 1 saturated heterocycles. The average molecular weight is 366 g/mol. The van der Waals surface area contributed by atoms with Crippen LogP contribution >= 0.6 is 0 Å². The van der Waals surface area contributed by atoms with Gasteiger partial charge in [0.1, 0.15) is 5.82 Å². The average Bonchev–Trinajstić information content (AvgIpc) is 3.02. The van der Waals surface area contributed by atoms with Crippen LogP contribution in [0.5, 0.6) is 0 Å². The van der Waals surface area contributed by atoms with Gasteiger partial charge in [-0.2, -0.15) is 0 Å². The van der Waals surface area contributed by atoms with E-state index in [-0.39, 0.29) is 29.7 Å². The van der Waals surface area contributed by atoms with E-state index in [2.05, 4.69) is 9.97 Å². The largest absolute Gasteiger partial charge is 0.338 e. The lowest BCUT2D eigenvalue weighted by Gasteiger charge is -2.29. The molecule has 3 heterocycles. The number of hydrogen-bond donors (Lipinski definition) is 1. The zero-order chi connectivity index (χ0) is 19.0. The molecule has 4 rings (SSSR count). The first-order valence-electron chi connectivity index (χ1n) is 9.20. The summed E-state index contributed by atoms with van der Waals surface area (Å²) in [6, 6.07) is 9.79. The summed E-state index contributed by atoms with van der Waals surface area (Å²) in [7, 11) is 0. The van der Waals surface area contributed by atoms with Crippen LogP contribution in [0.4, 0.5) is 0 Å². The predicted molar refractivity (Wildman–Crippen MR) is 98.7 cm³/mol. The minimum atomic E-state index is -0.328. The molecule has 0 aliphatic carbocycles. The van der Waals surface area contributed by atoms with E-state index < -0.39 is 0 Å². The third-order valence-electron chi connectivity index (χ3n) is 5.28. The number of aromatic nitrogens is 2. The summed E-state index contributed by atoms with van der Waals surface area (Å²) < 4.78 is 0. The number of nitrogens with one attached hydrogen (secondary N) is 1. The van der Waals surface area contributed by atoms with Gasteiger partial charge >= 0.3 is 0 Å². The highest BCUT2D eigenvalue weighted by molar-refractivity contribution is 5.89. The van der Waals surface area contributed by atoms with Crippen molar-refractivity contribution in [2.24, 2.45) is 5.92 Å². The van der Waals surface area contributed by atoms with Gasteiger partial charge in [-0.3, -0.25) is 14.4 Å². The summed E-state index contributed by atoms with van der Waals surface area (Å²) in [6.07, 6.45) is 0.745. The molecule has 1 fully saturated rings. The van der Waals surface area contributed by atoms with E-state index in [0.29, 0.717) is 49.7 Å². The second-order valence-corrected chi connectivity index (χ2v) is 7.25. The normalized spacial score (nSPS) is 19.3. The van der Waals surface area contributed by atoms with Crippen LogP contribution in [-0.4, -0.2) is 44.7 Å². The van der Waals surface area contributed by atoms with Crippen molar-refractivity contribution in [3.8, 4) is 0 Å². The molecule has 0 radical (unpaired) electrons. The van der Waals surface area contributed by atoms with Gasteiger partial charge in [0.2, 0.25) is 11.8 Å². The SMILES string of the molecule is Cc1nc2c(c(=O)[nH]1)CCN(C(=O)C1CC(=O)N(Cc3ccccc3)C1)C2. The molecule has 140 valence electrons. The number of amides is 2. The summed E-state index contributed by atoms with van der Waals surface area (Å²) in [5.41, 5.74) is 2.28. The molecule has 2 amide bonds. The zero-order valence-corrected chi connectivity index (χ0v) is 15.3. The lowest BCUT2D eigenvalue weighted by Crippen LogP contribution is -2.42. The molecule has 7 nitrogen and oxygen atoms in total. The maximum atomic E-state index is 13.0. The second-order valence-electron chi connectivity index (χ2n) is 7.25. The first kappa shape index (κ1) is 17.5. The monoisotopic (exact) mass is 366 g/mol. The van der Waals surface area contributed by atoms with Crippen LogP contribution in [0.25, 0.3) is 0 Å². The Bertz CT molecular complexity index is 938. The van der Waals surface area contributed by atoms with Crippen molar-refractivity contribution in [2.45, 2.75) is 32.9 Å². The topological polar surface area (TPSA) is 86.4 Å². The van der Waals surface area contributed by atoms with E-state index in [1.54, 1.807) is 16.7 Å². The lowest BCUT2D eigenvalue weighted by atomic mass is 10.0. The number of benzene rings is 1. The standard InChI is InChI=1S/C20H22N4O3/c1-13-21-17-12-23(8-7-16(17)19(26)22-13)20(27)15-9-18(25)24(11-15)10-14-5-3-2-4-6-14/h2-6,15H,7-12H2,1H3,(H,21,22,26). The van der Waals surface area contributed by atoms with Crippen molar-refractivity contribution in [1.82, 2.24) is 19.8 Å². The first-order chi connectivity index (χ1) is 13.0. The number of nitrogens with zero attached hydrogens (tertiary/aromatic N) is 3. The maximum Gasteiger partial charge on any atom is 0.254 e. The van der Waals surface area contributed by atoms with Gasteiger partial charge in [0.15, 0.2) is 0 Å². The zero-order valence-electron chi connectivity index (χ0n) is 15.3. The molecular weight excluding hydrogens is 344 g/mol. The quantitative estimate of drug-likeness (QED) is 0.878. The number of hydrogen-bond acceptors (Lipinski definition) is 4. The molecular formula is C20H22N4O3. The number of carbonyl (C=O) groups excluding carboxylic acids is 2. The molecule has 1 N–H and O–H groups in total. The lowest BCUT2D eigenvalue weighted by molar-refractivity contribution is -0.136. The molecule has 0 spiro atoms. The Morgan fingerprint density at radius 3 is 2.81 bits per heavy atom. The van der Waals surface area contributed by atoms with Crippen LogP contribution in [0.15, 0.2) is 35.1 Å². The van der Waals surface area contributed by atoms with E-state index in [1.165, 1.54) is 0 Å². The third-order valence-corrected chi connectivity index (χ3v) is 5.28. The van der Waals surface area contributed by atoms with E-state index in [0.717, 1.165) is 5.56 Å². The van der Waals surface area contributed by atoms with Crippen LogP contribution in [0.3, 0.4) is 0 Å². The third kappa shape index (κ3) is 3.49. The molecule has 2 aliphatic heterocycles.